The maximum absolute atomic E-state index is 12.1. The molecule has 1 aromatic rings. The fourth-order valence-corrected chi connectivity index (χ4v) is 1.95. The molecule has 1 rings (SSSR count). The van der Waals surface area contributed by atoms with Crippen molar-refractivity contribution in [3.8, 4) is 0 Å². The first kappa shape index (κ1) is 19.3. The Morgan fingerprint density at radius 2 is 1.83 bits per heavy atom. The van der Waals surface area contributed by atoms with Gasteiger partial charge in [-0.25, -0.2) is 4.79 Å². The number of hydrogen-bond donors (Lipinski definition) is 1. The van der Waals surface area contributed by atoms with Crippen molar-refractivity contribution in [3.05, 3.63) is 29.8 Å². The normalized spacial score (nSPS) is 11.4. The van der Waals surface area contributed by atoms with E-state index in [2.05, 4.69) is 5.32 Å². The van der Waals surface area contributed by atoms with Crippen LogP contribution in [0.5, 0.6) is 0 Å². The number of nitrogens with zero attached hydrogens (tertiary/aromatic N) is 1. The molecule has 0 radical (unpaired) electrons. The molecule has 6 nitrogen and oxygen atoms in total. The molecule has 0 spiro atoms. The Kier molecular flexibility index (Phi) is 7.32. The van der Waals surface area contributed by atoms with Crippen LogP contribution >= 0.6 is 0 Å². The summed E-state index contributed by atoms with van der Waals surface area (Å²) in [7, 11) is 4.91. The predicted octanol–water partition coefficient (Wildman–Crippen LogP) is 3.08. The number of rotatable bonds is 7. The van der Waals surface area contributed by atoms with Crippen LogP contribution in [0.25, 0.3) is 0 Å². The van der Waals surface area contributed by atoms with Gasteiger partial charge >= 0.3 is 6.09 Å². The Bertz CT molecular complexity index is 496. The summed E-state index contributed by atoms with van der Waals surface area (Å²) in [6.07, 6.45) is -0.675. The average Bonchev–Trinajstić information content (AvgIpc) is 2.48. The molecule has 1 amide bonds. The smallest absolute Gasteiger partial charge is 0.410 e. The molecule has 130 valence electrons. The van der Waals surface area contributed by atoms with Gasteiger partial charge < -0.3 is 24.4 Å². The fraction of sp³-hybridized carbons (Fsp3) is 0.588. The molecule has 6 heteroatoms. The number of ether oxygens (including phenoxy) is 3. The topological polar surface area (TPSA) is 60.0 Å². The van der Waals surface area contributed by atoms with Gasteiger partial charge in [-0.05, 0) is 32.4 Å². The monoisotopic (exact) mass is 324 g/mol. The second-order valence-corrected chi connectivity index (χ2v) is 6.28. The van der Waals surface area contributed by atoms with Crippen molar-refractivity contribution in [1.29, 1.82) is 0 Å². The number of carbonyl (C=O) groups is 1. The van der Waals surface area contributed by atoms with Crippen LogP contribution in [0.3, 0.4) is 0 Å². The molecule has 23 heavy (non-hydrogen) atoms. The average molecular weight is 324 g/mol. The summed E-state index contributed by atoms with van der Waals surface area (Å²) in [6.45, 7) is 6.51. The van der Waals surface area contributed by atoms with Gasteiger partial charge in [0.25, 0.3) is 0 Å². The number of hydrogen-bond acceptors (Lipinski definition) is 5. The Morgan fingerprint density at radius 3 is 2.39 bits per heavy atom. The molecule has 0 bridgehead atoms. The molecule has 0 aliphatic heterocycles. The zero-order valence-corrected chi connectivity index (χ0v) is 14.9. The second-order valence-electron chi connectivity index (χ2n) is 6.28. The number of anilines is 1. The summed E-state index contributed by atoms with van der Waals surface area (Å²) in [5.74, 6) is 0. The van der Waals surface area contributed by atoms with Crippen LogP contribution in [0, 0.1) is 0 Å². The Morgan fingerprint density at radius 1 is 1.22 bits per heavy atom. The minimum atomic E-state index is -0.507. The highest BCUT2D eigenvalue weighted by atomic mass is 16.7. The van der Waals surface area contributed by atoms with Gasteiger partial charge in [0.15, 0.2) is 6.29 Å². The molecule has 0 aromatic heterocycles. The van der Waals surface area contributed by atoms with Gasteiger partial charge in [0.1, 0.15) is 5.60 Å². The Labute approximate surface area is 138 Å². The summed E-state index contributed by atoms with van der Waals surface area (Å²) in [5.41, 5.74) is 1.42. The van der Waals surface area contributed by atoms with Crippen molar-refractivity contribution in [2.75, 3.05) is 33.1 Å². The first-order valence-electron chi connectivity index (χ1n) is 7.58. The van der Waals surface area contributed by atoms with Crippen LogP contribution < -0.4 is 5.32 Å². The van der Waals surface area contributed by atoms with Crippen molar-refractivity contribution < 1.29 is 19.0 Å². The van der Waals surface area contributed by atoms with E-state index in [9.17, 15) is 4.79 Å². The second kappa shape index (κ2) is 8.74. The summed E-state index contributed by atoms with van der Waals surface area (Å²) in [6, 6.07) is 7.81. The Hall–Kier alpha value is -1.79. The molecule has 1 aromatic carbocycles. The minimum Gasteiger partial charge on any atom is -0.444 e. The third kappa shape index (κ3) is 6.88. The maximum Gasteiger partial charge on any atom is 0.410 e. The number of nitrogens with one attached hydrogen (secondary N) is 1. The van der Waals surface area contributed by atoms with Crippen LogP contribution in [0.15, 0.2) is 24.3 Å². The predicted molar refractivity (Wildman–Crippen MR) is 90.4 cm³/mol. The number of para-hydroxylation sites is 1. The van der Waals surface area contributed by atoms with Gasteiger partial charge in [0, 0.05) is 27.0 Å². The molecule has 0 aliphatic carbocycles. The molecule has 0 heterocycles. The van der Waals surface area contributed by atoms with Gasteiger partial charge in [-0.3, -0.25) is 0 Å². The largest absolute Gasteiger partial charge is 0.444 e. The highest BCUT2D eigenvalue weighted by molar-refractivity contribution is 5.68. The van der Waals surface area contributed by atoms with Gasteiger partial charge in [-0.1, -0.05) is 18.2 Å². The van der Waals surface area contributed by atoms with Gasteiger partial charge in [0.05, 0.1) is 13.1 Å². The zero-order valence-electron chi connectivity index (χ0n) is 14.9. The van der Waals surface area contributed by atoms with Crippen LogP contribution in [-0.4, -0.2) is 50.7 Å². The zero-order chi connectivity index (χ0) is 17.5. The third-order valence-corrected chi connectivity index (χ3v) is 3.12. The molecule has 0 aliphatic rings. The lowest BCUT2D eigenvalue weighted by atomic mass is 10.1. The standard InChI is InChI=1S/C17H28N2O4/c1-17(2,3)23-16(20)19(4)12-13-9-7-8-10-14(13)18-11-15(21-5)22-6/h7-10,15,18H,11-12H2,1-6H3. The van der Waals surface area contributed by atoms with E-state index in [1.807, 2.05) is 45.0 Å². The van der Waals surface area contributed by atoms with E-state index in [4.69, 9.17) is 14.2 Å². The summed E-state index contributed by atoms with van der Waals surface area (Å²) in [5, 5.41) is 3.28. The van der Waals surface area contributed by atoms with E-state index in [0.29, 0.717) is 13.1 Å². The van der Waals surface area contributed by atoms with Crippen LogP contribution in [0.1, 0.15) is 26.3 Å². The first-order valence-corrected chi connectivity index (χ1v) is 7.58. The molecule has 0 atom stereocenters. The maximum atomic E-state index is 12.1. The van der Waals surface area contributed by atoms with E-state index in [1.165, 1.54) is 0 Å². The molecular formula is C17H28N2O4. The fourth-order valence-electron chi connectivity index (χ4n) is 1.95. The molecule has 0 saturated heterocycles. The summed E-state index contributed by atoms with van der Waals surface area (Å²) < 4.78 is 15.7. The SMILES string of the molecule is COC(CNc1ccccc1CN(C)C(=O)OC(C)(C)C)OC. The van der Waals surface area contributed by atoms with Crippen molar-refractivity contribution in [2.24, 2.45) is 0 Å². The molecular weight excluding hydrogens is 296 g/mol. The molecule has 0 saturated carbocycles. The lowest BCUT2D eigenvalue weighted by Gasteiger charge is -2.25. The highest BCUT2D eigenvalue weighted by Crippen LogP contribution is 2.18. The summed E-state index contributed by atoms with van der Waals surface area (Å²) in [4.78, 5) is 13.6. The Balaban J connectivity index is 2.71. The van der Waals surface area contributed by atoms with Crippen molar-refractivity contribution >= 4 is 11.8 Å². The number of benzene rings is 1. The quantitative estimate of drug-likeness (QED) is 0.781. The van der Waals surface area contributed by atoms with E-state index >= 15 is 0 Å². The lowest BCUT2D eigenvalue weighted by molar-refractivity contribution is -0.0914. The minimum absolute atomic E-state index is 0.327. The number of carbonyl (C=O) groups excluding carboxylic acids is 1. The van der Waals surface area contributed by atoms with Crippen LogP contribution in [-0.2, 0) is 20.8 Å². The first-order chi connectivity index (χ1) is 10.8. The molecule has 0 unspecified atom stereocenters. The van der Waals surface area contributed by atoms with Crippen molar-refractivity contribution in [2.45, 2.75) is 39.2 Å². The van der Waals surface area contributed by atoms with E-state index in [1.54, 1.807) is 26.2 Å². The van der Waals surface area contributed by atoms with Gasteiger partial charge in [0.2, 0.25) is 0 Å². The van der Waals surface area contributed by atoms with Crippen LogP contribution in [0.2, 0.25) is 0 Å². The van der Waals surface area contributed by atoms with E-state index < -0.39 is 5.60 Å². The van der Waals surface area contributed by atoms with E-state index in [0.717, 1.165) is 11.3 Å². The van der Waals surface area contributed by atoms with Crippen LogP contribution in [0.4, 0.5) is 10.5 Å². The van der Waals surface area contributed by atoms with Crippen molar-refractivity contribution in [1.82, 2.24) is 4.90 Å². The van der Waals surface area contributed by atoms with Crippen molar-refractivity contribution in [3.63, 3.8) is 0 Å². The van der Waals surface area contributed by atoms with Gasteiger partial charge in [-0.2, -0.15) is 0 Å². The number of methoxy groups -OCH3 is 2. The highest BCUT2D eigenvalue weighted by Gasteiger charge is 2.20. The summed E-state index contributed by atoms with van der Waals surface area (Å²) >= 11 is 0. The number of amides is 1. The van der Waals surface area contributed by atoms with Gasteiger partial charge in [-0.15, -0.1) is 0 Å². The lowest BCUT2D eigenvalue weighted by Crippen LogP contribution is -2.34. The molecule has 0 fully saturated rings. The third-order valence-electron chi connectivity index (χ3n) is 3.12. The molecule has 1 N–H and O–H groups in total. The van der Waals surface area contributed by atoms with E-state index in [-0.39, 0.29) is 12.4 Å².